The van der Waals surface area contributed by atoms with E-state index in [4.69, 9.17) is 9.47 Å². The molecule has 2 aliphatic rings. The first-order valence-electron chi connectivity index (χ1n) is 23.0. The van der Waals surface area contributed by atoms with E-state index in [0.29, 0.717) is 31.5 Å². The molecule has 0 spiro atoms. The normalized spacial score (nSPS) is 24.0. The Labute approximate surface area is 408 Å². The van der Waals surface area contributed by atoms with Crippen LogP contribution in [0.5, 0.6) is 0 Å². The number of halogens is 12. The van der Waals surface area contributed by atoms with Gasteiger partial charge in [0.15, 0.2) is 0 Å². The predicted molar refractivity (Wildman–Crippen MR) is 241 cm³/mol. The molecule has 6 aromatic rings. The lowest BCUT2D eigenvalue weighted by atomic mass is 9.65. The maximum absolute atomic E-state index is 13.3. The number of piperidine rings is 1. The summed E-state index contributed by atoms with van der Waals surface area (Å²) < 4.78 is 176. The number of benzene rings is 4. The van der Waals surface area contributed by atoms with E-state index in [-0.39, 0.29) is 47.6 Å². The van der Waals surface area contributed by atoms with Crippen molar-refractivity contribution in [2.45, 2.75) is 125 Å². The van der Waals surface area contributed by atoms with Crippen molar-refractivity contribution in [3.8, 4) is 0 Å². The van der Waals surface area contributed by atoms with Crippen molar-refractivity contribution in [1.82, 2.24) is 34.8 Å². The molecule has 388 valence electrons. The first-order valence-corrected chi connectivity index (χ1v) is 23.0. The summed E-state index contributed by atoms with van der Waals surface area (Å²) in [5.74, 6) is 0. The molecule has 0 bridgehead atoms. The fourth-order valence-electron chi connectivity index (χ4n) is 9.41. The van der Waals surface area contributed by atoms with E-state index in [1.807, 2.05) is 69.8 Å². The Hall–Kier alpha value is -5.80. The number of rotatable bonds is 12. The predicted octanol–water partition coefficient (Wildman–Crippen LogP) is 13.4. The third kappa shape index (κ3) is 12.3. The van der Waals surface area contributed by atoms with Crippen molar-refractivity contribution in [3.63, 3.8) is 0 Å². The molecule has 1 saturated heterocycles. The van der Waals surface area contributed by atoms with Gasteiger partial charge in [0.1, 0.15) is 25.3 Å². The zero-order valence-electron chi connectivity index (χ0n) is 39.6. The molecule has 72 heavy (non-hydrogen) atoms. The van der Waals surface area contributed by atoms with Crippen LogP contribution in [0.25, 0.3) is 0 Å². The number of ether oxygens (including phenoxy) is 2. The summed E-state index contributed by atoms with van der Waals surface area (Å²) in [5.41, 5.74) is -5.43. The monoisotopic (exact) mass is 1020 g/mol. The largest absolute Gasteiger partial charge is 0.416 e. The van der Waals surface area contributed by atoms with Crippen LogP contribution in [0.4, 0.5) is 52.7 Å². The Morgan fingerprint density at radius 2 is 0.847 bits per heavy atom. The molecule has 1 saturated carbocycles. The Bertz CT molecular complexity index is 2430. The summed E-state index contributed by atoms with van der Waals surface area (Å²) >= 11 is 0. The van der Waals surface area contributed by atoms with E-state index in [1.165, 1.54) is 13.8 Å². The molecule has 1 aliphatic heterocycles. The number of nitrogens with zero attached hydrogens (tertiary/aromatic N) is 6. The van der Waals surface area contributed by atoms with Crippen molar-refractivity contribution in [2.75, 3.05) is 19.8 Å². The fraction of sp³-hybridized carbons (Fsp3) is 0.451. The Morgan fingerprint density at radius 3 is 1.22 bits per heavy atom. The lowest BCUT2D eigenvalue weighted by molar-refractivity contribution is -0.145. The lowest BCUT2D eigenvalue weighted by Crippen LogP contribution is -2.57. The van der Waals surface area contributed by atoms with E-state index in [9.17, 15) is 52.7 Å². The minimum atomic E-state index is -4.92. The second-order valence-corrected chi connectivity index (χ2v) is 19.3. The van der Waals surface area contributed by atoms with Gasteiger partial charge in [-0.25, -0.2) is 0 Å². The third-order valence-corrected chi connectivity index (χ3v) is 14.3. The highest BCUT2D eigenvalue weighted by atomic mass is 19.4. The van der Waals surface area contributed by atoms with E-state index in [0.717, 1.165) is 48.9 Å². The second kappa shape index (κ2) is 20.6. The molecule has 0 unspecified atom stereocenters. The van der Waals surface area contributed by atoms with Crippen LogP contribution in [-0.2, 0) is 56.2 Å². The van der Waals surface area contributed by atoms with Gasteiger partial charge in [-0.2, -0.15) is 52.7 Å². The maximum Gasteiger partial charge on any atom is 0.416 e. The quantitative estimate of drug-likeness (QED) is 0.122. The zero-order chi connectivity index (χ0) is 52.4. The SMILES string of the molecule is C[C@@H](OCC1(c2ccccc2)CCC(C)(n2cnnc2)CC1)c1cc(C(F)(F)F)cc(C(F)(F)F)c1.C[C@@H](OC[C@@]1(c2ccccc2)CC[C@@](C)(n2cnnc2)CN1)c1cc(C(F)(F)F)cc(C(F)(F)F)c1. The van der Waals surface area contributed by atoms with Gasteiger partial charge in [-0.3, -0.25) is 0 Å². The Kier molecular flexibility index (Phi) is 15.5. The molecule has 0 amide bonds. The van der Waals surface area contributed by atoms with Crippen LogP contribution >= 0.6 is 0 Å². The summed E-state index contributed by atoms with van der Waals surface area (Å²) in [6, 6.07) is 22.3. The van der Waals surface area contributed by atoms with Crippen LogP contribution in [0, 0.1) is 0 Å². The molecule has 9 nitrogen and oxygen atoms in total. The molecule has 2 fully saturated rings. The van der Waals surface area contributed by atoms with Crippen LogP contribution in [0.3, 0.4) is 0 Å². The Morgan fingerprint density at radius 1 is 0.486 bits per heavy atom. The molecule has 4 atom stereocenters. The van der Waals surface area contributed by atoms with E-state index in [2.05, 4.69) is 39.6 Å². The number of nitrogens with one attached hydrogen (secondary N) is 1. The molecule has 2 aromatic heterocycles. The van der Waals surface area contributed by atoms with Gasteiger partial charge in [-0.05, 0) is 125 Å². The Balaban J connectivity index is 0.000000211. The second-order valence-electron chi connectivity index (χ2n) is 19.3. The van der Waals surface area contributed by atoms with Gasteiger partial charge < -0.3 is 23.9 Å². The highest BCUT2D eigenvalue weighted by Crippen LogP contribution is 2.48. The van der Waals surface area contributed by atoms with Gasteiger partial charge in [-0.1, -0.05) is 60.7 Å². The van der Waals surface area contributed by atoms with Crippen molar-refractivity contribution in [2.24, 2.45) is 0 Å². The average molecular weight is 1020 g/mol. The third-order valence-electron chi connectivity index (χ3n) is 14.3. The summed E-state index contributed by atoms with van der Waals surface area (Å²) in [6.07, 6.45) is -10.7. The van der Waals surface area contributed by atoms with Gasteiger partial charge >= 0.3 is 24.7 Å². The van der Waals surface area contributed by atoms with Crippen molar-refractivity contribution >= 4 is 0 Å². The van der Waals surface area contributed by atoms with Gasteiger partial charge in [0, 0.05) is 17.5 Å². The summed E-state index contributed by atoms with van der Waals surface area (Å²) in [5, 5.41) is 19.1. The summed E-state index contributed by atoms with van der Waals surface area (Å²) in [6.45, 7) is 7.86. The first kappa shape index (κ1) is 54.0. The maximum atomic E-state index is 13.3. The standard InChI is InChI=1S/C26H27F6N3O.C25H26F6N4O/c1-18(19-12-21(25(27,28)29)14-22(13-19)26(30,31)32)36-15-24(20-6-4-3-5-7-20)10-8-23(2,9-11-24)35-16-33-34-17-35;1-17(18-10-20(24(26,27)28)12-21(11-18)25(29,30)31)36-14-23(19-6-4-3-5-7-19)9-8-22(2,13-32-23)35-15-33-34-16-35/h3-7,12-14,16-18H,8-11,15H2,1-2H3;3-7,10-12,15-17,32H,8-9,13-14H2,1-2H3/t18-,23?,24?;17-,22-,23-/m11/s1. The van der Waals surface area contributed by atoms with Crippen molar-refractivity contribution in [1.29, 1.82) is 0 Å². The smallest absolute Gasteiger partial charge is 0.373 e. The lowest BCUT2D eigenvalue weighted by Gasteiger charge is -2.46. The minimum Gasteiger partial charge on any atom is -0.373 e. The van der Waals surface area contributed by atoms with Gasteiger partial charge in [-0.15, -0.1) is 20.4 Å². The summed E-state index contributed by atoms with van der Waals surface area (Å²) in [7, 11) is 0. The van der Waals surface area contributed by atoms with Crippen LogP contribution in [0.2, 0.25) is 0 Å². The first-order chi connectivity index (χ1) is 33.6. The van der Waals surface area contributed by atoms with E-state index >= 15 is 0 Å². The van der Waals surface area contributed by atoms with Crippen LogP contribution < -0.4 is 5.32 Å². The molecular weight excluding hydrogens is 971 g/mol. The van der Waals surface area contributed by atoms with Gasteiger partial charge in [0.05, 0.1) is 58.8 Å². The zero-order valence-corrected chi connectivity index (χ0v) is 39.6. The van der Waals surface area contributed by atoms with E-state index < -0.39 is 70.1 Å². The summed E-state index contributed by atoms with van der Waals surface area (Å²) in [4.78, 5) is 0. The number of hydrogen-bond donors (Lipinski definition) is 1. The fourth-order valence-corrected chi connectivity index (χ4v) is 9.41. The molecule has 3 heterocycles. The molecule has 0 radical (unpaired) electrons. The van der Waals surface area contributed by atoms with E-state index in [1.54, 1.807) is 25.3 Å². The van der Waals surface area contributed by atoms with Crippen molar-refractivity contribution in [3.05, 3.63) is 167 Å². The number of aromatic nitrogens is 6. The highest BCUT2D eigenvalue weighted by molar-refractivity contribution is 5.36. The van der Waals surface area contributed by atoms with Crippen LogP contribution in [0.15, 0.2) is 122 Å². The van der Waals surface area contributed by atoms with Crippen LogP contribution in [-0.4, -0.2) is 49.3 Å². The topological polar surface area (TPSA) is 91.9 Å². The van der Waals surface area contributed by atoms with Gasteiger partial charge in [0.2, 0.25) is 0 Å². The molecule has 8 rings (SSSR count). The molecule has 1 aliphatic carbocycles. The average Bonchev–Trinajstić information content (AvgIpc) is 4.11. The minimum absolute atomic E-state index is 0.0496. The highest BCUT2D eigenvalue weighted by Gasteiger charge is 2.45. The number of hydrogen-bond acceptors (Lipinski definition) is 7. The number of alkyl halides is 12. The molecule has 4 aromatic carbocycles. The molecule has 21 heteroatoms. The van der Waals surface area contributed by atoms with Crippen LogP contribution in [0.1, 0.15) is 123 Å². The van der Waals surface area contributed by atoms with Gasteiger partial charge in [0.25, 0.3) is 0 Å². The molecule has 1 N–H and O–H groups in total. The van der Waals surface area contributed by atoms with Crippen molar-refractivity contribution < 1.29 is 62.2 Å². The molecular formula is C51H53F12N7O2.